The van der Waals surface area contributed by atoms with Gasteiger partial charge in [0.2, 0.25) is 35.4 Å². The van der Waals surface area contributed by atoms with Crippen LogP contribution < -0.4 is 32.7 Å². The van der Waals surface area contributed by atoms with E-state index in [0.717, 1.165) is 0 Å². The molecule has 1 aliphatic rings. The number of phenolic OH excluding ortho intramolecular Hbond substituents is 1. The SMILES string of the molecule is CC(C)C[C@H](NC(=O)[C@H](CO)NC(=O)CNC(=O)[C@@H](N)Cc1ccc(O)cc1)C(=O)N1CCC[C@H]1C(=O)N[C@@H](CCC(N)=O)C(=O)O. The Morgan fingerprint density at radius 1 is 0.957 bits per heavy atom. The molecule has 0 aromatic heterocycles. The van der Waals surface area contributed by atoms with Gasteiger partial charge in [-0.15, -0.1) is 0 Å². The van der Waals surface area contributed by atoms with Crippen LogP contribution in [0.25, 0.3) is 0 Å². The van der Waals surface area contributed by atoms with E-state index in [1.807, 2.05) is 0 Å². The number of carboxylic acids is 1. The molecule has 1 heterocycles. The van der Waals surface area contributed by atoms with E-state index in [-0.39, 0.29) is 50.3 Å². The fraction of sp³-hybridized carbons (Fsp3) is 0.567. The third kappa shape index (κ3) is 12.5. The minimum Gasteiger partial charge on any atom is -0.508 e. The zero-order valence-corrected chi connectivity index (χ0v) is 26.4. The molecule has 0 aliphatic carbocycles. The number of hydrogen-bond donors (Lipinski definition) is 9. The van der Waals surface area contributed by atoms with E-state index in [2.05, 4.69) is 21.3 Å². The third-order valence-electron chi connectivity index (χ3n) is 7.44. The van der Waals surface area contributed by atoms with Crippen LogP contribution >= 0.6 is 0 Å². The molecule has 6 amide bonds. The standard InChI is InChI=1S/C30H45N7O10/c1-16(2)12-21(29(45)37-11-3-4-23(37)28(44)35-20(30(46)47)9-10-24(32)40)36-27(43)22(15-38)34-25(41)14-33-26(42)19(31)13-17-5-7-18(39)8-6-17/h5-8,16,19-23,38-39H,3-4,9-15,31H2,1-2H3,(H2,32,40)(H,33,42)(H,34,41)(H,35,44)(H,36,43)(H,46,47)/t19-,20-,21-,22-,23-/m0/s1. The number of carbonyl (C=O) groups excluding carboxylic acids is 6. The first-order valence-corrected chi connectivity index (χ1v) is 15.3. The van der Waals surface area contributed by atoms with Gasteiger partial charge in [0.15, 0.2) is 0 Å². The van der Waals surface area contributed by atoms with Crippen LogP contribution in [0.5, 0.6) is 5.75 Å². The minimum atomic E-state index is -1.48. The molecule has 0 bridgehead atoms. The highest BCUT2D eigenvalue weighted by molar-refractivity contribution is 5.96. The second-order valence-corrected chi connectivity index (χ2v) is 11.8. The van der Waals surface area contributed by atoms with Gasteiger partial charge >= 0.3 is 5.97 Å². The lowest BCUT2D eigenvalue weighted by Gasteiger charge is -2.31. The number of hydrogen-bond acceptors (Lipinski definition) is 10. The first kappa shape index (κ1) is 38.4. The molecule has 1 aromatic carbocycles. The van der Waals surface area contributed by atoms with Crippen LogP contribution in [0.15, 0.2) is 24.3 Å². The monoisotopic (exact) mass is 663 g/mol. The van der Waals surface area contributed by atoms with E-state index in [9.17, 15) is 48.9 Å². The highest BCUT2D eigenvalue weighted by Gasteiger charge is 2.39. The summed E-state index contributed by atoms with van der Waals surface area (Å²) in [5, 5.41) is 38.2. The lowest BCUT2D eigenvalue weighted by atomic mass is 10.0. The maximum atomic E-state index is 13.6. The van der Waals surface area contributed by atoms with Crippen molar-refractivity contribution in [2.24, 2.45) is 17.4 Å². The number of primary amides is 1. The number of aliphatic carboxylic acids is 1. The van der Waals surface area contributed by atoms with Gasteiger partial charge in [0.25, 0.3) is 0 Å². The molecule has 0 unspecified atom stereocenters. The molecule has 17 heteroatoms. The Kier molecular flexibility index (Phi) is 15.0. The number of phenols is 1. The first-order chi connectivity index (χ1) is 22.1. The van der Waals surface area contributed by atoms with E-state index < -0.39 is 84.8 Å². The van der Waals surface area contributed by atoms with Crippen LogP contribution in [0.2, 0.25) is 0 Å². The number of carbonyl (C=O) groups is 7. The van der Waals surface area contributed by atoms with Crippen molar-refractivity contribution in [3.05, 3.63) is 29.8 Å². The molecule has 17 nitrogen and oxygen atoms in total. The smallest absolute Gasteiger partial charge is 0.326 e. The second kappa shape index (κ2) is 18.4. The van der Waals surface area contributed by atoms with Crippen molar-refractivity contribution in [3.8, 4) is 5.75 Å². The van der Waals surface area contributed by atoms with E-state index in [0.29, 0.717) is 12.0 Å². The van der Waals surface area contributed by atoms with E-state index >= 15 is 0 Å². The number of rotatable bonds is 18. The zero-order valence-electron chi connectivity index (χ0n) is 26.4. The predicted molar refractivity (Wildman–Crippen MR) is 166 cm³/mol. The Morgan fingerprint density at radius 3 is 2.19 bits per heavy atom. The van der Waals surface area contributed by atoms with Gasteiger partial charge in [0.05, 0.1) is 19.2 Å². The van der Waals surface area contributed by atoms with Crippen LogP contribution in [0.4, 0.5) is 0 Å². The quantitative estimate of drug-likeness (QED) is 0.0774. The molecule has 11 N–H and O–H groups in total. The number of nitrogens with zero attached hydrogens (tertiary/aromatic N) is 1. The van der Waals surface area contributed by atoms with Crippen molar-refractivity contribution in [2.75, 3.05) is 19.7 Å². The highest BCUT2D eigenvalue weighted by Crippen LogP contribution is 2.21. The summed E-state index contributed by atoms with van der Waals surface area (Å²) in [6.07, 6.45) is 0.458. The zero-order chi connectivity index (χ0) is 35.3. The summed E-state index contributed by atoms with van der Waals surface area (Å²) in [7, 11) is 0. The Balaban J connectivity index is 2.00. The van der Waals surface area contributed by atoms with Crippen LogP contribution in [0.1, 0.15) is 51.5 Å². The number of carboxylic acid groups (broad SMARTS) is 1. The summed E-state index contributed by atoms with van der Waals surface area (Å²) in [4.78, 5) is 88.6. The van der Waals surface area contributed by atoms with Gasteiger partial charge < -0.3 is 53.0 Å². The molecule has 1 aromatic rings. The number of amides is 6. The maximum absolute atomic E-state index is 13.6. The van der Waals surface area contributed by atoms with Gasteiger partial charge in [0, 0.05) is 13.0 Å². The van der Waals surface area contributed by atoms with Gasteiger partial charge in [-0.3, -0.25) is 28.8 Å². The van der Waals surface area contributed by atoms with Crippen molar-refractivity contribution in [3.63, 3.8) is 0 Å². The Morgan fingerprint density at radius 2 is 1.62 bits per heavy atom. The largest absolute Gasteiger partial charge is 0.508 e. The van der Waals surface area contributed by atoms with Gasteiger partial charge in [-0.2, -0.15) is 0 Å². The Bertz CT molecular complexity index is 1290. The number of likely N-dealkylation sites (tertiary alicyclic amines) is 1. The Hall–Kier alpha value is -4.77. The second-order valence-electron chi connectivity index (χ2n) is 11.8. The van der Waals surface area contributed by atoms with E-state index in [1.54, 1.807) is 26.0 Å². The first-order valence-electron chi connectivity index (χ1n) is 15.3. The number of aromatic hydroxyl groups is 1. The Labute approximate surface area is 271 Å². The van der Waals surface area contributed by atoms with E-state index in [4.69, 9.17) is 11.5 Å². The third-order valence-corrected chi connectivity index (χ3v) is 7.44. The average Bonchev–Trinajstić information content (AvgIpc) is 3.50. The fourth-order valence-electron chi connectivity index (χ4n) is 5.00. The molecule has 47 heavy (non-hydrogen) atoms. The van der Waals surface area contributed by atoms with Gasteiger partial charge in [-0.25, -0.2) is 4.79 Å². The van der Waals surface area contributed by atoms with Crippen molar-refractivity contribution < 1.29 is 48.9 Å². The van der Waals surface area contributed by atoms with Gasteiger partial charge in [0.1, 0.15) is 29.9 Å². The maximum Gasteiger partial charge on any atom is 0.326 e. The molecular formula is C30H45N7O10. The van der Waals surface area contributed by atoms with Crippen molar-refractivity contribution >= 4 is 41.4 Å². The molecule has 0 spiro atoms. The summed E-state index contributed by atoms with van der Waals surface area (Å²) < 4.78 is 0. The molecule has 260 valence electrons. The summed E-state index contributed by atoms with van der Waals surface area (Å²) in [5.41, 5.74) is 11.7. The lowest BCUT2D eigenvalue weighted by molar-refractivity contribution is -0.145. The van der Waals surface area contributed by atoms with Crippen molar-refractivity contribution in [1.82, 2.24) is 26.2 Å². The molecular weight excluding hydrogens is 618 g/mol. The van der Waals surface area contributed by atoms with Crippen LogP contribution in [-0.4, -0.2) is 112 Å². The summed E-state index contributed by atoms with van der Waals surface area (Å²) in [6.45, 7) is 2.39. The molecule has 1 fully saturated rings. The topological polar surface area (TPSA) is 284 Å². The minimum absolute atomic E-state index is 0.0549. The normalized spacial score (nSPS) is 16.8. The predicted octanol–water partition coefficient (Wildman–Crippen LogP) is -2.79. The van der Waals surface area contributed by atoms with Crippen molar-refractivity contribution in [2.45, 2.75) is 82.6 Å². The molecule has 5 atom stereocenters. The molecule has 1 aliphatic heterocycles. The molecule has 0 saturated carbocycles. The molecule has 1 saturated heterocycles. The molecule has 0 radical (unpaired) electrons. The summed E-state index contributed by atoms with van der Waals surface area (Å²) in [6, 6.07) is 0.0266. The molecule has 2 rings (SSSR count). The highest BCUT2D eigenvalue weighted by atomic mass is 16.4. The summed E-state index contributed by atoms with van der Waals surface area (Å²) in [5.74, 6) is -5.82. The van der Waals surface area contributed by atoms with Gasteiger partial charge in [-0.1, -0.05) is 26.0 Å². The lowest BCUT2D eigenvalue weighted by Crippen LogP contribution is -2.58. The fourth-order valence-corrected chi connectivity index (χ4v) is 5.00. The average molecular weight is 664 g/mol. The van der Waals surface area contributed by atoms with E-state index in [1.165, 1.54) is 17.0 Å². The number of aliphatic hydroxyl groups excluding tert-OH is 1. The van der Waals surface area contributed by atoms with Crippen LogP contribution in [-0.2, 0) is 40.0 Å². The summed E-state index contributed by atoms with van der Waals surface area (Å²) >= 11 is 0. The van der Waals surface area contributed by atoms with Crippen LogP contribution in [0.3, 0.4) is 0 Å². The van der Waals surface area contributed by atoms with Crippen LogP contribution in [0, 0.1) is 5.92 Å². The number of aliphatic hydroxyl groups is 1. The number of benzene rings is 1. The van der Waals surface area contributed by atoms with Gasteiger partial charge in [-0.05, 0) is 55.7 Å². The van der Waals surface area contributed by atoms with Crippen molar-refractivity contribution in [1.29, 1.82) is 0 Å². The number of nitrogens with two attached hydrogens (primary N) is 2. The number of nitrogens with one attached hydrogen (secondary N) is 4.